The number of rotatable bonds is 2. The summed E-state index contributed by atoms with van der Waals surface area (Å²) in [6, 6.07) is 4.51. The molecule has 0 aliphatic carbocycles. The van der Waals surface area contributed by atoms with Crippen molar-refractivity contribution in [3.05, 3.63) is 70.5 Å². The summed E-state index contributed by atoms with van der Waals surface area (Å²) in [4.78, 5) is 12.0. The van der Waals surface area contributed by atoms with Crippen LogP contribution in [0.2, 0.25) is 0 Å². The van der Waals surface area contributed by atoms with Gasteiger partial charge in [0.05, 0.1) is 5.56 Å². The number of carbonyl (C=O) groups excluding carboxylic acids is 1. The van der Waals surface area contributed by atoms with E-state index in [2.05, 4.69) is 0 Å². The fraction of sp³-hybridized carbons (Fsp3) is 0.0714. The molecule has 0 saturated carbocycles. The first-order valence-corrected chi connectivity index (χ1v) is 5.57. The number of halogens is 6. The van der Waals surface area contributed by atoms with Gasteiger partial charge in [0.1, 0.15) is 0 Å². The molecule has 2 rings (SSSR count). The van der Waals surface area contributed by atoms with Crippen LogP contribution in [0.3, 0.4) is 0 Å². The van der Waals surface area contributed by atoms with E-state index in [1.54, 1.807) is 0 Å². The summed E-state index contributed by atoms with van der Waals surface area (Å²) >= 11 is 0. The molecule has 7 heteroatoms. The van der Waals surface area contributed by atoms with Crippen molar-refractivity contribution in [3.63, 3.8) is 0 Å². The van der Waals surface area contributed by atoms with Gasteiger partial charge in [-0.05, 0) is 18.2 Å². The van der Waals surface area contributed by atoms with Gasteiger partial charge in [-0.3, -0.25) is 4.79 Å². The number of hydrogen-bond acceptors (Lipinski definition) is 1. The third-order valence-corrected chi connectivity index (χ3v) is 2.72. The van der Waals surface area contributed by atoms with Crippen LogP contribution in [0.4, 0.5) is 26.3 Å². The summed E-state index contributed by atoms with van der Waals surface area (Å²) in [5.74, 6) is -6.35. The van der Waals surface area contributed by atoms with Crippen LogP contribution >= 0.6 is 0 Å². The molecule has 0 aliphatic rings. The predicted molar refractivity (Wildman–Crippen MR) is 61.2 cm³/mol. The third kappa shape index (κ3) is 2.91. The van der Waals surface area contributed by atoms with Gasteiger partial charge in [0, 0.05) is 11.1 Å². The van der Waals surface area contributed by atoms with Crippen LogP contribution in [0.25, 0.3) is 0 Å². The molecule has 0 radical (unpaired) electrons. The molecular formula is C14H6F6O. The van der Waals surface area contributed by atoms with Gasteiger partial charge in [0.25, 0.3) is 0 Å². The summed E-state index contributed by atoms with van der Waals surface area (Å²) in [7, 11) is 0. The van der Waals surface area contributed by atoms with Crippen LogP contribution in [0.15, 0.2) is 36.4 Å². The summed E-state index contributed by atoms with van der Waals surface area (Å²) in [6.45, 7) is 0. The van der Waals surface area contributed by atoms with Crippen LogP contribution in [0.5, 0.6) is 0 Å². The van der Waals surface area contributed by atoms with Crippen molar-refractivity contribution < 1.29 is 31.1 Å². The first-order chi connectivity index (χ1) is 9.71. The Morgan fingerprint density at radius 3 is 1.95 bits per heavy atom. The van der Waals surface area contributed by atoms with E-state index in [-0.39, 0.29) is 0 Å². The standard InChI is InChI=1S/C14H6F6O/c15-10-5-7(6-11(16)12(10)17)13(21)8-3-1-2-4-9(8)14(18,19)20/h1-6H. The van der Waals surface area contributed by atoms with Gasteiger partial charge < -0.3 is 0 Å². The van der Waals surface area contributed by atoms with Crippen LogP contribution in [-0.4, -0.2) is 5.78 Å². The van der Waals surface area contributed by atoms with Crippen molar-refractivity contribution in [3.8, 4) is 0 Å². The van der Waals surface area contributed by atoms with E-state index in [1.807, 2.05) is 0 Å². The fourth-order valence-electron chi connectivity index (χ4n) is 1.77. The molecule has 0 aromatic heterocycles. The third-order valence-electron chi connectivity index (χ3n) is 2.72. The Kier molecular flexibility index (Phi) is 3.76. The van der Waals surface area contributed by atoms with Crippen LogP contribution in [0.1, 0.15) is 21.5 Å². The van der Waals surface area contributed by atoms with Gasteiger partial charge in [-0.15, -0.1) is 0 Å². The van der Waals surface area contributed by atoms with Crippen molar-refractivity contribution in [2.75, 3.05) is 0 Å². The average molecular weight is 304 g/mol. The van der Waals surface area contributed by atoms with Crippen LogP contribution < -0.4 is 0 Å². The Hall–Kier alpha value is -2.31. The lowest BCUT2D eigenvalue weighted by atomic mass is 9.98. The fourth-order valence-corrected chi connectivity index (χ4v) is 1.77. The van der Waals surface area contributed by atoms with Gasteiger partial charge in [-0.2, -0.15) is 13.2 Å². The van der Waals surface area contributed by atoms with E-state index in [9.17, 15) is 31.1 Å². The minimum atomic E-state index is -4.80. The molecule has 0 spiro atoms. The zero-order valence-corrected chi connectivity index (χ0v) is 10.1. The van der Waals surface area contributed by atoms with Gasteiger partial charge in [-0.25, -0.2) is 13.2 Å². The molecule has 21 heavy (non-hydrogen) atoms. The Morgan fingerprint density at radius 1 is 0.905 bits per heavy atom. The lowest BCUT2D eigenvalue weighted by Crippen LogP contribution is -2.14. The lowest BCUT2D eigenvalue weighted by molar-refractivity contribution is -0.137. The smallest absolute Gasteiger partial charge is 0.289 e. The van der Waals surface area contributed by atoms with E-state index in [0.29, 0.717) is 18.2 Å². The van der Waals surface area contributed by atoms with E-state index in [0.717, 1.165) is 12.1 Å². The first-order valence-electron chi connectivity index (χ1n) is 5.57. The second-order valence-corrected chi connectivity index (χ2v) is 4.13. The maximum atomic E-state index is 13.1. The highest BCUT2D eigenvalue weighted by molar-refractivity contribution is 6.10. The molecule has 0 bridgehead atoms. The Bertz CT molecular complexity index is 682. The lowest BCUT2D eigenvalue weighted by Gasteiger charge is -2.12. The molecule has 0 aliphatic heterocycles. The number of alkyl halides is 3. The second kappa shape index (κ2) is 5.23. The van der Waals surface area contributed by atoms with Crippen LogP contribution in [-0.2, 0) is 6.18 Å². The molecule has 2 aromatic rings. The Morgan fingerprint density at radius 2 is 1.43 bits per heavy atom. The topological polar surface area (TPSA) is 17.1 Å². The zero-order valence-electron chi connectivity index (χ0n) is 10.1. The molecule has 0 heterocycles. The van der Waals surface area contributed by atoms with Crippen molar-refractivity contribution in [2.24, 2.45) is 0 Å². The monoisotopic (exact) mass is 304 g/mol. The molecule has 0 fully saturated rings. The maximum absolute atomic E-state index is 13.1. The highest BCUT2D eigenvalue weighted by atomic mass is 19.4. The zero-order chi connectivity index (χ0) is 15.8. The summed E-state index contributed by atoms with van der Waals surface area (Å²) in [5.41, 5.74) is -2.71. The van der Waals surface area contributed by atoms with Crippen molar-refractivity contribution in [2.45, 2.75) is 6.18 Å². The summed E-state index contributed by atoms with van der Waals surface area (Å²) in [5, 5.41) is 0. The van der Waals surface area contributed by atoms with Gasteiger partial charge in [-0.1, -0.05) is 18.2 Å². The highest BCUT2D eigenvalue weighted by Gasteiger charge is 2.35. The van der Waals surface area contributed by atoms with Gasteiger partial charge >= 0.3 is 6.18 Å². The maximum Gasteiger partial charge on any atom is 0.417 e. The molecule has 0 atom stereocenters. The highest BCUT2D eigenvalue weighted by Crippen LogP contribution is 2.33. The number of ketones is 1. The van der Waals surface area contributed by atoms with E-state index >= 15 is 0 Å². The van der Waals surface area contributed by atoms with Crippen LogP contribution in [0, 0.1) is 17.5 Å². The molecule has 0 unspecified atom stereocenters. The first kappa shape index (κ1) is 15.1. The molecule has 110 valence electrons. The summed E-state index contributed by atoms with van der Waals surface area (Å²) in [6.07, 6.45) is -4.80. The minimum Gasteiger partial charge on any atom is -0.289 e. The Balaban J connectivity index is 2.56. The molecule has 0 saturated heterocycles. The van der Waals surface area contributed by atoms with Crippen molar-refractivity contribution in [1.29, 1.82) is 0 Å². The summed E-state index contributed by atoms with van der Waals surface area (Å²) < 4.78 is 77.3. The van der Waals surface area contributed by atoms with E-state index in [4.69, 9.17) is 0 Å². The molecular weight excluding hydrogens is 298 g/mol. The second-order valence-electron chi connectivity index (χ2n) is 4.13. The molecule has 1 nitrogen and oxygen atoms in total. The van der Waals surface area contributed by atoms with E-state index < -0.39 is 46.1 Å². The van der Waals surface area contributed by atoms with Crippen molar-refractivity contribution >= 4 is 5.78 Å². The largest absolute Gasteiger partial charge is 0.417 e. The average Bonchev–Trinajstić information content (AvgIpc) is 2.42. The van der Waals surface area contributed by atoms with Crippen molar-refractivity contribution in [1.82, 2.24) is 0 Å². The van der Waals surface area contributed by atoms with Gasteiger partial charge in [0.15, 0.2) is 23.2 Å². The van der Waals surface area contributed by atoms with Gasteiger partial charge in [0.2, 0.25) is 0 Å². The minimum absolute atomic E-state index is 0.355. The van der Waals surface area contributed by atoms with E-state index in [1.165, 1.54) is 6.07 Å². The predicted octanol–water partition coefficient (Wildman–Crippen LogP) is 4.35. The SMILES string of the molecule is O=C(c1cc(F)c(F)c(F)c1)c1ccccc1C(F)(F)F. The number of carbonyl (C=O) groups is 1. The number of benzene rings is 2. The Labute approximate surface area is 114 Å². The molecule has 2 aromatic carbocycles. The quantitative estimate of drug-likeness (QED) is 0.458. The molecule has 0 amide bonds. The number of hydrogen-bond donors (Lipinski definition) is 0. The normalized spacial score (nSPS) is 11.5. The molecule has 0 N–H and O–H groups in total.